The zero-order valence-electron chi connectivity index (χ0n) is 15.4. The molecule has 2 aromatic heterocycles. The van der Waals surface area contributed by atoms with Gasteiger partial charge in [-0.1, -0.05) is 37.5 Å². The van der Waals surface area contributed by atoms with Crippen molar-refractivity contribution in [1.29, 1.82) is 0 Å². The number of aryl methyl sites for hydroxylation is 2. The maximum Gasteiger partial charge on any atom is 0.275 e. The smallest absolute Gasteiger partial charge is 0.275 e. The number of para-hydroxylation sites is 1. The SMILES string of the molecule is Cc1cc(C(=O)N(Cc2cc3ccccc3o2)C2CCCCC2)nn1C. The molecule has 4 rings (SSSR count). The fourth-order valence-electron chi connectivity index (χ4n) is 3.85. The summed E-state index contributed by atoms with van der Waals surface area (Å²) >= 11 is 0. The maximum absolute atomic E-state index is 13.2. The molecule has 0 N–H and O–H groups in total. The van der Waals surface area contributed by atoms with Crippen molar-refractivity contribution in [3.05, 3.63) is 53.5 Å². The van der Waals surface area contributed by atoms with Crippen LogP contribution in [0.2, 0.25) is 0 Å². The largest absolute Gasteiger partial charge is 0.459 e. The van der Waals surface area contributed by atoms with Gasteiger partial charge in [0, 0.05) is 24.2 Å². The number of amides is 1. The highest BCUT2D eigenvalue weighted by atomic mass is 16.3. The number of hydrogen-bond donors (Lipinski definition) is 0. The van der Waals surface area contributed by atoms with Crippen LogP contribution in [0.15, 0.2) is 40.8 Å². The molecule has 1 saturated carbocycles. The Balaban J connectivity index is 1.64. The van der Waals surface area contributed by atoms with Gasteiger partial charge < -0.3 is 9.32 Å². The van der Waals surface area contributed by atoms with Crippen LogP contribution in [0, 0.1) is 6.92 Å². The minimum absolute atomic E-state index is 0.000978. The van der Waals surface area contributed by atoms with Crippen molar-refractivity contribution < 1.29 is 9.21 Å². The van der Waals surface area contributed by atoms with E-state index in [4.69, 9.17) is 4.42 Å². The standard InChI is InChI=1S/C21H25N3O2/c1-15-12-19(22-23(15)2)21(25)24(17-9-4-3-5-10-17)14-18-13-16-8-6-7-11-20(16)26-18/h6-8,11-13,17H,3-5,9-10,14H2,1-2H3. The summed E-state index contributed by atoms with van der Waals surface area (Å²) in [7, 11) is 1.87. The van der Waals surface area contributed by atoms with Gasteiger partial charge in [0.05, 0.1) is 6.54 Å². The molecule has 1 fully saturated rings. The van der Waals surface area contributed by atoms with Gasteiger partial charge in [0.2, 0.25) is 0 Å². The van der Waals surface area contributed by atoms with E-state index in [1.807, 2.05) is 55.3 Å². The molecule has 2 heterocycles. The van der Waals surface area contributed by atoms with Crippen molar-refractivity contribution in [3.8, 4) is 0 Å². The van der Waals surface area contributed by atoms with E-state index in [1.165, 1.54) is 19.3 Å². The lowest BCUT2D eigenvalue weighted by molar-refractivity contribution is 0.0591. The second-order valence-electron chi connectivity index (χ2n) is 7.27. The third-order valence-electron chi connectivity index (χ3n) is 5.41. The fraction of sp³-hybridized carbons (Fsp3) is 0.429. The van der Waals surface area contributed by atoms with Gasteiger partial charge in [-0.2, -0.15) is 5.10 Å². The van der Waals surface area contributed by atoms with E-state index in [1.54, 1.807) is 4.68 Å². The van der Waals surface area contributed by atoms with E-state index in [2.05, 4.69) is 5.10 Å². The Bertz CT molecular complexity index is 866. The molecule has 0 spiro atoms. The number of nitrogens with zero attached hydrogens (tertiary/aromatic N) is 3. The Morgan fingerprint density at radius 1 is 1.23 bits per heavy atom. The lowest BCUT2D eigenvalue weighted by atomic mass is 9.94. The number of rotatable bonds is 4. The highest BCUT2D eigenvalue weighted by molar-refractivity contribution is 5.92. The van der Waals surface area contributed by atoms with Gasteiger partial charge in [0.25, 0.3) is 5.91 Å². The summed E-state index contributed by atoms with van der Waals surface area (Å²) in [5.41, 5.74) is 2.37. The first-order chi connectivity index (χ1) is 12.6. The van der Waals surface area contributed by atoms with Gasteiger partial charge in [-0.15, -0.1) is 0 Å². The Kier molecular flexibility index (Phi) is 4.53. The van der Waals surface area contributed by atoms with E-state index in [-0.39, 0.29) is 11.9 Å². The fourth-order valence-corrected chi connectivity index (χ4v) is 3.85. The number of fused-ring (bicyclic) bond motifs is 1. The molecule has 0 atom stereocenters. The van der Waals surface area contributed by atoms with E-state index >= 15 is 0 Å². The minimum Gasteiger partial charge on any atom is -0.459 e. The molecular weight excluding hydrogens is 326 g/mol. The minimum atomic E-state index is 0.000978. The molecule has 0 aliphatic heterocycles. The van der Waals surface area contributed by atoms with E-state index in [0.717, 1.165) is 35.3 Å². The molecule has 0 saturated heterocycles. The van der Waals surface area contributed by atoms with Gasteiger partial charge in [-0.3, -0.25) is 9.48 Å². The summed E-state index contributed by atoms with van der Waals surface area (Å²) in [4.78, 5) is 15.2. The number of carbonyl (C=O) groups is 1. The summed E-state index contributed by atoms with van der Waals surface area (Å²) in [5.74, 6) is 0.832. The number of aromatic nitrogens is 2. The van der Waals surface area contributed by atoms with Gasteiger partial charge in [0.1, 0.15) is 11.3 Å². The third kappa shape index (κ3) is 3.26. The molecule has 26 heavy (non-hydrogen) atoms. The highest BCUT2D eigenvalue weighted by Crippen LogP contribution is 2.27. The van der Waals surface area contributed by atoms with Crippen molar-refractivity contribution in [2.75, 3.05) is 0 Å². The van der Waals surface area contributed by atoms with Gasteiger partial charge >= 0.3 is 0 Å². The molecule has 0 bridgehead atoms. The van der Waals surface area contributed by atoms with E-state index < -0.39 is 0 Å². The predicted molar refractivity (Wildman–Crippen MR) is 101 cm³/mol. The van der Waals surface area contributed by atoms with Crippen LogP contribution >= 0.6 is 0 Å². The zero-order chi connectivity index (χ0) is 18.1. The van der Waals surface area contributed by atoms with Crippen LogP contribution in [0.3, 0.4) is 0 Å². The average Bonchev–Trinajstić information content (AvgIpc) is 3.22. The van der Waals surface area contributed by atoms with Crippen molar-refractivity contribution in [2.24, 2.45) is 7.05 Å². The second-order valence-corrected chi connectivity index (χ2v) is 7.27. The van der Waals surface area contributed by atoms with Crippen LogP contribution in [-0.4, -0.2) is 26.6 Å². The molecule has 5 heteroatoms. The van der Waals surface area contributed by atoms with Gasteiger partial charge in [0.15, 0.2) is 5.69 Å². The van der Waals surface area contributed by atoms with Crippen molar-refractivity contribution in [3.63, 3.8) is 0 Å². The lowest BCUT2D eigenvalue weighted by Crippen LogP contribution is -2.41. The number of benzene rings is 1. The lowest BCUT2D eigenvalue weighted by Gasteiger charge is -2.33. The molecule has 5 nitrogen and oxygen atoms in total. The van der Waals surface area contributed by atoms with Gasteiger partial charge in [-0.05, 0) is 38.0 Å². The monoisotopic (exact) mass is 351 g/mol. The first kappa shape index (κ1) is 16.9. The highest BCUT2D eigenvalue weighted by Gasteiger charge is 2.29. The molecule has 0 radical (unpaired) electrons. The molecule has 1 aliphatic carbocycles. The number of carbonyl (C=O) groups excluding carboxylic acids is 1. The molecular formula is C21H25N3O2. The molecule has 136 valence electrons. The topological polar surface area (TPSA) is 51.3 Å². The summed E-state index contributed by atoms with van der Waals surface area (Å²) in [5, 5.41) is 5.48. The zero-order valence-corrected chi connectivity index (χ0v) is 15.4. The Labute approximate surface area is 153 Å². The second kappa shape index (κ2) is 6.98. The average molecular weight is 351 g/mol. The molecule has 1 aromatic carbocycles. The first-order valence-electron chi connectivity index (χ1n) is 9.41. The first-order valence-corrected chi connectivity index (χ1v) is 9.41. The summed E-state index contributed by atoms with van der Waals surface area (Å²) in [6, 6.07) is 12.1. The molecule has 0 unspecified atom stereocenters. The van der Waals surface area contributed by atoms with Crippen molar-refractivity contribution >= 4 is 16.9 Å². The van der Waals surface area contributed by atoms with Crippen LogP contribution in [0.1, 0.15) is 54.0 Å². The molecule has 1 aliphatic rings. The van der Waals surface area contributed by atoms with Crippen LogP contribution in [0.25, 0.3) is 11.0 Å². The van der Waals surface area contributed by atoms with Crippen LogP contribution in [0.4, 0.5) is 0 Å². The Morgan fingerprint density at radius 3 is 2.69 bits per heavy atom. The summed E-state index contributed by atoms with van der Waals surface area (Å²) in [6.45, 7) is 2.46. The quantitative estimate of drug-likeness (QED) is 0.698. The number of furan rings is 1. The normalized spacial score (nSPS) is 15.5. The molecule has 1 amide bonds. The summed E-state index contributed by atoms with van der Waals surface area (Å²) < 4.78 is 7.74. The van der Waals surface area contributed by atoms with Crippen molar-refractivity contribution in [2.45, 2.75) is 51.6 Å². The van der Waals surface area contributed by atoms with Crippen LogP contribution in [0.5, 0.6) is 0 Å². The molecule has 3 aromatic rings. The predicted octanol–water partition coefficient (Wildman–Crippen LogP) is 4.45. The number of hydrogen-bond acceptors (Lipinski definition) is 3. The van der Waals surface area contributed by atoms with E-state index in [9.17, 15) is 4.79 Å². The van der Waals surface area contributed by atoms with Crippen LogP contribution in [-0.2, 0) is 13.6 Å². The van der Waals surface area contributed by atoms with Crippen LogP contribution < -0.4 is 0 Å². The Morgan fingerprint density at radius 2 is 2.00 bits per heavy atom. The third-order valence-corrected chi connectivity index (χ3v) is 5.41. The van der Waals surface area contributed by atoms with Gasteiger partial charge in [-0.25, -0.2) is 0 Å². The summed E-state index contributed by atoms with van der Waals surface area (Å²) in [6.07, 6.45) is 5.72. The Hall–Kier alpha value is -2.56. The van der Waals surface area contributed by atoms with E-state index in [0.29, 0.717) is 12.2 Å². The van der Waals surface area contributed by atoms with Crippen molar-refractivity contribution in [1.82, 2.24) is 14.7 Å². The maximum atomic E-state index is 13.2.